The molecule has 1 saturated heterocycles. The molecule has 1 saturated carbocycles. The van der Waals surface area contributed by atoms with Gasteiger partial charge in [-0.2, -0.15) is 0 Å². The van der Waals surface area contributed by atoms with Crippen LogP contribution < -0.4 is 10.1 Å². The highest BCUT2D eigenvalue weighted by atomic mass is 19.1. The zero-order valence-corrected chi connectivity index (χ0v) is 14.9. The van der Waals surface area contributed by atoms with Crippen LogP contribution in [0, 0.1) is 11.7 Å². The zero-order chi connectivity index (χ0) is 17.5. The van der Waals surface area contributed by atoms with Crippen LogP contribution in [0.2, 0.25) is 0 Å². The minimum atomic E-state index is -0.327. The number of piperidine rings is 1. The first-order valence-corrected chi connectivity index (χ1v) is 9.59. The van der Waals surface area contributed by atoms with Gasteiger partial charge in [-0.1, -0.05) is 18.9 Å². The van der Waals surface area contributed by atoms with E-state index in [9.17, 15) is 9.18 Å². The van der Waals surface area contributed by atoms with Crippen molar-refractivity contribution in [3.05, 3.63) is 30.1 Å². The van der Waals surface area contributed by atoms with Gasteiger partial charge in [0.15, 0.2) is 0 Å². The van der Waals surface area contributed by atoms with Crippen LogP contribution in [0.3, 0.4) is 0 Å². The topological polar surface area (TPSA) is 41.6 Å². The van der Waals surface area contributed by atoms with Crippen LogP contribution in [0.15, 0.2) is 24.3 Å². The third-order valence-corrected chi connectivity index (χ3v) is 5.34. The average molecular weight is 348 g/mol. The predicted molar refractivity (Wildman–Crippen MR) is 96.1 cm³/mol. The standard InChI is InChI=1S/C20H29FN2O2/c21-17-6-3-7-19(14-17)25-13-10-20(24)22-18-8-11-23(12-9-18)15-16-4-1-2-5-16/h3,6-7,14,16,18H,1-2,4-5,8-13,15H2,(H,22,24). The maximum absolute atomic E-state index is 13.1. The third-order valence-electron chi connectivity index (χ3n) is 5.34. The van der Waals surface area contributed by atoms with Crippen molar-refractivity contribution in [1.29, 1.82) is 0 Å². The van der Waals surface area contributed by atoms with E-state index >= 15 is 0 Å². The number of benzene rings is 1. The summed E-state index contributed by atoms with van der Waals surface area (Å²) in [6.45, 7) is 3.68. The largest absolute Gasteiger partial charge is 0.493 e. The van der Waals surface area contributed by atoms with Crippen LogP contribution in [0.25, 0.3) is 0 Å². The van der Waals surface area contributed by atoms with Crippen LogP contribution in [0.1, 0.15) is 44.9 Å². The lowest BCUT2D eigenvalue weighted by Crippen LogP contribution is -2.45. The number of likely N-dealkylation sites (tertiary alicyclic amines) is 1. The minimum Gasteiger partial charge on any atom is -0.493 e. The van der Waals surface area contributed by atoms with Crippen molar-refractivity contribution in [3.8, 4) is 5.75 Å². The number of rotatable bonds is 7. The van der Waals surface area contributed by atoms with E-state index in [1.54, 1.807) is 12.1 Å². The number of carbonyl (C=O) groups is 1. The molecule has 4 nitrogen and oxygen atoms in total. The number of hydrogen-bond donors (Lipinski definition) is 1. The molecule has 2 aliphatic rings. The Kier molecular flexibility index (Phi) is 6.68. The fourth-order valence-corrected chi connectivity index (χ4v) is 3.94. The van der Waals surface area contributed by atoms with Gasteiger partial charge in [-0.15, -0.1) is 0 Å². The average Bonchev–Trinajstić information content (AvgIpc) is 3.10. The van der Waals surface area contributed by atoms with E-state index in [4.69, 9.17) is 4.74 Å². The van der Waals surface area contributed by atoms with Gasteiger partial charge in [-0.25, -0.2) is 4.39 Å². The highest BCUT2D eigenvalue weighted by Gasteiger charge is 2.24. The lowest BCUT2D eigenvalue weighted by Gasteiger charge is -2.33. The van der Waals surface area contributed by atoms with Crippen molar-refractivity contribution in [2.45, 2.75) is 51.0 Å². The van der Waals surface area contributed by atoms with Crippen molar-refractivity contribution in [1.82, 2.24) is 10.2 Å². The maximum Gasteiger partial charge on any atom is 0.223 e. The fraction of sp³-hybridized carbons (Fsp3) is 0.650. The van der Waals surface area contributed by atoms with Gasteiger partial charge < -0.3 is 15.0 Å². The number of nitrogens with zero attached hydrogens (tertiary/aromatic N) is 1. The molecule has 1 N–H and O–H groups in total. The van der Waals surface area contributed by atoms with E-state index < -0.39 is 0 Å². The number of ether oxygens (including phenoxy) is 1. The summed E-state index contributed by atoms with van der Waals surface area (Å²) in [7, 11) is 0. The van der Waals surface area contributed by atoms with Gasteiger partial charge in [0.2, 0.25) is 5.91 Å². The normalized spacial score (nSPS) is 19.9. The molecule has 138 valence electrons. The van der Waals surface area contributed by atoms with Gasteiger partial charge >= 0.3 is 0 Å². The number of nitrogens with one attached hydrogen (secondary N) is 1. The summed E-state index contributed by atoms with van der Waals surface area (Å²) >= 11 is 0. The minimum absolute atomic E-state index is 0.0191. The second-order valence-corrected chi connectivity index (χ2v) is 7.35. The molecule has 0 unspecified atom stereocenters. The highest BCUT2D eigenvalue weighted by molar-refractivity contribution is 5.76. The molecule has 0 atom stereocenters. The van der Waals surface area contributed by atoms with Crippen LogP contribution in [-0.4, -0.2) is 43.1 Å². The molecule has 3 rings (SSSR count). The second-order valence-electron chi connectivity index (χ2n) is 7.35. The van der Waals surface area contributed by atoms with Crippen molar-refractivity contribution in [2.75, 3.05) is 26.2 Å². The van der Waals surface area contributed by atoms with Gasteiger partial charge in [-0.3, -0.25) is 4.79 Å². The Morgan fingerprint density at radius 2 is 1.96 bits per heavy atom. The van der Waals surface area contributed by atoms with Gasteiger partial charge in [0.05, 0.1) is 13.0 Å². The summed E-state index contributed by atoms with van der Waals surface area (Å²) in [5.74, 6) is 1.05. The monoisotopic (exact) mass is 348 g/mol. The summed E-state index contributed by atoms with van der Waals surface area (Å²) in [5.41, 5.74) is 0. The summed E-state index contributed by atoms with van der Waals surface area (Å²) in [6, 6.07) is 6.28. The quantitative estimate of drug-likeness (QED) is 0.821. The molecule has 0 spiro atoms. The van der Waals surface area contributed by atoms with E-state index in [2.05, 4.69) is 10.2 Å². The molecule has 2 fully saturated rings. The van der Waals surface area contributed by atoms with Crippen LogP contribution in [0.5, 0.6) is 5.75 Å². The molecule has 5 heteroatoms. The fourth-order valence-electron chi connectivity index (χ4n) is 3.94. The van der Waals surface area contributed by atoms with Gasteiger partial charge in [0, 0.05) is 31.7 Å². The van der Waals surface area contributed by atoms with Crippen LogP contribution in [0.4, 0.5) is 4.39 Å². The van der Waals surface area contributed by atoms with Crippen LogP contribution in [-0.2, 0) is 4.79 Å². The molecular formula is C20H29FN2O2. The van der Waals surface area contributed by atoms with Crippen molar-refractivity contribution in [3.63, 3.8) is 0 Å². The third kappa shape index (κ3) is 5.99. The summed E-state index contributed by atoms with van der Waals surface area (Å²) in [4.78, 5) is 14.6. The SMILES string of the molecule is O=C(CCOc1cccc(F)c1)NC1CCN(CC2CCCC2)CC1. The Morgan fingerprint density at radius 1 is 1.20 bits per heavy atom. The van der Waals surface area contributed by atoms with E-state index in [0.717, 1.165) is 31.8 Å². The van der Waals surface area contributed by atoms with Crippen molar-refractivity contribution in [2.24, 2.45) is 5.92 Å². The lowest BCUT2D eigenvalue weighted by atomic mass is 10.0. The van der Waals surface area contributed by atoms with Gasteiger partial charge in [0.25, 0.3) is 0 Å². The molecule has 1 aliphatic heterocycles. The Bertz CT molecular complexity index is 552. The van der Waals surface area contributed by atoms with E-state index in [1.807, 2.05) is 0 Å². The number of amides is 1. The first-order valence-electron chi connectivity index (χ1n) is 9.59. The molecule has 25 heavy (non-hydrogen) atoms. The Hall–Kier alpha value is -1.62. The molecule has 1 heterocycles. The summed E-state index contributed by atoms with van der Waals surface area (Å²) in [6.07, 6.45) is 7.94. The summed E-state index contributed by atoms with van der Waals surface area (Å²) < 4.78 is 18.5. The Morgan fingerprint density at radius 3 is 2.68 bits per heavy atom. The van der Waals surface area contributed by atoms with E-state index in [0.29, 0.717) is 12.2 Å². The highest BCUT2D eigenvalue weighted by Crippen LogP contribution is 2.26. The van der Waals surface area contributed by atoms with Crippen LogP contribution >= 0.6 is 0 Å². The Labute approximate surface area is 149 Å². The zero-order valence-electron chi connectivity index (χ0n) is 14.9. The molecule has 1 aromatic carbocycles. The van der Waals surface area contributed by atoms with E-state index in [-0.39, 0.29) is 24.4 Å². The molecule has 0 bridgehead atoms. The Balaban J connectivity index is 1.29. The van der Waals surface area contributed by atoms with Gasteiger partial charge in [0.1, 0.15) is 11.6 Å². The maximum atomic E-state index is 13.1. The smallest absolute Gasteiger partial charge is 0.223 e. The molecular weight excluding hydrogens is 319 g/mol. The summed E-state index contributed by atoms with van der Waals surface area (Å²) in [5, 5.41) is 3.11. The van der Waals surface area contributed by atoms with Crippen molar-refractivity contribution < 1.29 is 13.9 Å². The molecule has 0 aromatic heterocycles. The molecule has 0 radical (unpaired) electrons. The van der Waals surface area contributed by atoms with E-state index in [1.165, 1.54) is 44.4 Å². The number of halogens is 1. The second kappa shape index (κ2) is 9.18. The molecule has 1 amide bonds. The first kappa shape index (κ1) is 18.2. The van der Waals surface area contributed by atoms with Gasteiger partial charge in [-0.05, 0) is 43.7 Å². The van der Waals surface area contributed by atoms with Crippen molar-refractivity contribution >= 4 is 5.91 Å². The number of hydrogen-bond acceptors (Lipinski definition) is 3. The molecule has 1 aromatic rings. The first-order chi connectivity index (χ1) is 12.2. The predicted octanol–water partition coefficient (Wildman–Crippen LogP) is 3.37. The number of carbonyl (C=O) groups excluding carboxylic acids is 1. The lowest BCUT2D eigenvalue weighted by molar-refractivity contribution is -0.122. The molecule has 1 aliphatic carbocycles.